The summed E-state index contributed by atoms with van der Waals surface area (Å²) in [4.78, 5) is 29.3. The third-order valence-corrected chi connectivity index (χ3v) is 5.19. The highest BCUT2D eigenvalue weighted by molar-refractivity contribution is 5.85. The summed E-state index contributed by atoms with van der Waals surface area (Å²) in [5.41, 5.74) is 1.13. The number of rotatable bonds is 11. The molecule has 0 N–H and O–H groups in total. The van der Waals surface area contributed by atoms with Crippen molar-refractivity contribution < 1.29 is 9.59 Å². The molecule has 1 saturated carbocycles. The lowest BCUT2D eigenvalue weighted by molar-refractivity contribution is -0.142. The van der Waals surface area contributed by atoms with E-state index in [4.69, 9.17) is 0 Å². The van der Waals surface area contributed by atoms with Crippen LogP contribution in [0.15, 0.2) is 18.3 Å². The van der Waals surface area contributed by atoms with Gasteiger partial charge in [-0.25, -0.2) is 0 Å². The van der Waals surface area contributed by atoms with Crippen LogP contribution in [0, 0.1) is 0 Å². The number of hydrogen-bond acceptors (Lipinski definition) is 2. The minimum atomic E-state index is 0.0497. The first-order valence-electron chi connectivity index (χ1n) is 10.1. The summed E-state index contributed by atoms with van der Waals surface area (Å²) in [6.07, 6.45) is 9.03. The van der Waals surface area contributed by atoms with Gasteiger partial charge in [-0.2, -0.15) is 0 Å². The molecule has 1 aliphatic carbocycles. The van der Waals surface area contributed by atoms with E-state index in [9.17, 15) is 9.59 Å². The number of carbonyl (C=O) groups excluding carboxylic acids is 2. The second-order valence-corrected chi connectivity index (χ2v) is 7.79. The van der Waals surface area contributed by atoms with Crippen LogP contribution >= 0.6 is 0 Å². The number of aryl methyl sites for hydroxylation is 1. The summed E-state index contributed by atoms with van der Waals surface area (Å²) in [5, 5.41) is 0. The fraction of sp³-hybridized carbons (Fsp3) is 0.714. The van der Waals surface area contributed by atoms with Crippen LogP contribution in [-0.2, 0) is 23.2 Å². The molecule has 0 spiro atoms. The predicted octanol–water partition coefficient (Wildman–Crippen LogP) is 3.72. The van der Waals surface area contributed by atoms with Gasteiger partial charge < -0.3 is 14.4 Å². The second kappa shape index (κ2) is 9.79. The largest absolute Gasteiger partial charge is 0.353 e. The molecule has 5 heteroatoms. The standard InChI is InChI=1S/C21H35N3O2/c1-5-6-7-8-11-20(25)23(17(2)3)16-21(26)24(18-12-13-18)15-19-10-9-14-22(19)4/h9-10,14,17-18H,5-8,11-13,15-16H2,1-4H3. The van der Waals surface area contributed by atoms with Crippen molar-refractivity contribution in [2.75, 3.05) is 6.54 Å². The highest BCUT2D eigenvalue weighted by atomic mass is 16.2. The summed E-state index contributed by atoms with van der Waals surface area (Å²) in [6, 6.07) is 4.45. The van der Waals surface area contributed by atoms with Crippen LogP contribution in [0.25, 0.3) is 0 Å². The Kier molecular flexibility index (Phi) is 7.73. The van der Waals surface area contributed by atoms with Gasteiger partial charge in [0.15, 0.2) is 0 Å². The van der Waals surface area contributed by atoms with E-state index in [1.54, 1.807) is 4.90 Å². The summed E-state index contributed by atoms with van der Waals surface area (Å²) in [7, 11) is 2.01. The van der Waals surface area contributed by atoms with Gasteiger partial charge in [-0.05, 0) is 45.2 Å². The molecule has 2 rings (SSSR count). The Labute approximate surface area is 158 Å². The molecule has 1 aromatic rings. The second-order valence-electron chi connectivity index (χ2n) is 7.79. The Morgan fingerprint density at radius 2 is 1.92 bits per heavy atom. The number of amides is 2. The molecular formula is C21H35N3O2. The van der Waals surface area contributed by atoms with Gasteiger partial charge >= 0.3 is 0 Å². The molecule has 0 radical (unpaired) electrons. The van der Waals surface area contributed by atoms with Crippen LogP contribution in [0.1, 0.15) is 71.4 Å². The van der Waals surface area contributed by atoms with E-state index in [-0.39, 0.29) is 24.4 Å². The Bertz CT molecular complexity index is 590. The van der Waals surface area contributed by atoms with Gasteiger partial charge in [0.1, 0.15) is 0 Å². The Hall–Kier alpha value is -1.78. The smallest absolute Gasteiger partial charge is 0.242 e. The maximum absolute atomic E-state index is 13.0. The van der Waals surface area contributed by atoms with Gasteiger partial charge in [0, 0.05) is 37.4 Å². The molecule has 1 aromatic heterocycles. The van der Waals surface area contributed by atoms with Crippen molar-refractivity contribution in [1.29, 1.82) is 0 Å². The van der Waals surface area contributed by atoms with Gasteiger partial charge in [-0.15, -0.1) is 0 Å². The molecular weight excluding hydrogens is 326 g/mol. The van der Waals surface area contributed by atoms with E-state index < -0.39 is 0 Å². The van der Waals surface area contributed by atoms with E-state index in [2.05, 4.69) is 17.6 Å². The quantitative estimate of drug-likeness (QED) is 0.564. The number of hydrogen-bond donors (Lipinski definition) is 0. The molecule has 1 heterocycles. The summed E-state index contributed by atoms with van der Waals surface area (Å²) in [5.74, 6) is 0.184. The van der Waals surface area contributed by atoms with E-state index in [1.807, 2.05) is 38.1 Å². The van der Waals surface area contributed by atoms with Gasteiger partial charge in [-0.1, -0.05) is 26.2 Å². The molecule has 2 amide bonds. The zero-order valence-electron chi connectivity index (χ0n) is 16.9. The lowest BCUT2D eigenvalue weighted by Gasteiger charge is -2.30. The third kappa shape index (κ3) is 5.89. The predicted molar refractivity (Wildman–Crippen MR) is 105 cm³/mol. The molecule has 1 aliphatic rings. The number of carbonyl (C=O) groups is 2. The van der Waals surface area contributed by atoms with Crippen molar-refractivity contribution in [2.45, 2.75) is 84.3 Å². The Balaban J connectivity index is 1.95. The van der Waals surface area contributed by atoms with E-state index in [0.717, 1.165) is 37.8 Å². The summed E-state index contributed by atoms with van der Waals surface area (Å²) in [6.45, 7) is 6.99. The van der Waals surface area contributed by atoms with Crippen LogP contribution in [0.3, 0.4) is 0 Å². The molecule has 0 bridgehead atoms. The highest BCUT2D eigenvalue weighted by Crippen LogP contribution is 2.28. The third-order valence-electron chi connectivity index (χ3n) is 5.19. The van der Waals surface area contributed by atoms with Crippen LogP contribution < -0.4 is 0 Å². The Morgan fingerprint density at radius 3 is 2.46 bits per heavy atom. The van der Waals surface area contributed by atoms with Crippen molar-refractivity contribution in [2.24, 2.45) is 7.05 Å². The zero-order valence-corrected chi connectivity index (χ0v) is 16.9. The molecule has 0 unspecified atom stereocenters. The van der Waals surface area contributed by atoms with Gasteiger partial charge in [0.2, 0.25) is 11.8 Å². The van der Waals surface area contributed by atoms with Crippen molar-refractivity contribution in [3.05, 3.63) is 24.0 Å². The molecule has 0 aromatic carbocycles. The molecule has 1 fully saturated rings. The minimum Gasteiger partial charge on any atom is -0.353 e. The molecule has 0 aliphatic heterocycles. The van der Waals surface area contributed by atoms with Crippen LogP contribution in [0.5, 0.6) is 0 Å². The molecule has 0 saturated heterocycles. The first kappa shape index (κ1) is 20.5. The van der Waals surface area contributed by atoms with Gasteiger partial charge in [0.25, 0.3) is 0 Å². The van der Waals surface area contributed by atoms with E-state index in [0.29, 0.717) is 19.0 Å². The van der Waals surface area contributed by atoms with Crippen molar-refractivity contribution in [3.63, 3.8) is 0 Å². The normalized spacial score (nSPS) is 13.9. The number of nitrogens with zero attached hydrogens (tertiary/aromatic N) is 3. The molecule has 0 atom stereocenters. The van der Waals surface area contributed by atoms with Crippen molar-refractivity contribution in [1.82, 2.24) is 14.4 Å². The Morgan fingerprint density at radius 1 is 1.19 bits per heavy atom. The highest BCUT2D eigenvalue weighted by Gasteiger charge is 2.34. The fourth-order valence-corrected chi connectivity index (χ4v) is 3.28. The van der Waals surface area contributed by atoms with Crippen LogP contribution in [-0.4, -0.2) is 44.8 Å². The van der Waals surface area contributed by atoms with Crippen molar-refractivity contribution >= 4 is 11.8 Å². The zero-order chi connectivity index (χ0) is 19.1. The van der Waals surface area contributed by atoms with Gasteiger partial charge in [0.05, 0.1) is 13.1 Å². The van der Waals surface area contributed by atoms with Gasteiger partial charge in [-0.3, -0.25) is 9.59 Å². The fourth-order valence-electron chi connectivity index (χ4n) is 3.28. The van der Waals surface area contributed by atoms with E-state index >= 15 is 0 Å². The minimum absolute atomic E-state index is 0.0497. The molecule has 146 valence electrons. The summed E-state index contributed by atoms with van der Waals surface area (Å²) >= 11 is 0. The molecule has 26 heavy (non-hydrogen) atoms. The lowest BCUT2D eigenvalue weighted by Crippen LogP contribution is -2.46. The van der Waals surface area contributed by atoms with E-state index in [1.165, 1.54) is 6.42 Å². The molecule has 5 nitrogen and oxygen atoms in total. The lowest BCUT2D eigenvalue weighted by atomic mass is 10.1. The van der Waals surface area contributed by atoms with Crippen LogP contribution in [0.4, 0.5) is 0 Å². The SMILES string of the molecule is CCCCCCC(=O)N(CC(=O)N(Cc1cccn1C)C1CC1)C(C)C. The van der Waals surface area contributed by atoms with Crippen LogP contribution in [0.2, 0.25) is 0 Å². The van der Waals surface area contributed by atoms with Crippen molar-refractivity contribution in [3.8, 4) is 0 Å². The average molecular weight is 362 g/mol. The number of aromatic nitrogens is 1. The maximum atomic E-state index is 13.0. The monoisotopic (exact) mass is 361 g/mol. The first-order chi connectivity index (χ1) is 12.4. The average Bonchev–Trinajstić information content (AvgIpc) is 3.36. The maximum Gasteiger partial charge on any atom is 0.242 e. The number of unbranched alkanes of at least 4 members (excludes halogenated alkanes) is 3. The summed E-state index contributed by atoms with van der Waals surface area (Å²) < 4.78 is 2.06. The first-order valence-corrected chi connectivity index (χ1v) is 10.1. The topological polar surface area (TPSA) is 45.6 Å².